The summed E-state index contributed by atoms with van der Waals surface area (Å²) in [7, 11) is 1.66. The summed E-state index contributed by atoms with van der Waals surface area (Å²) in [6.07, 6.45) is 0. The maximum Gasteiger partial charge on any atom is 0.255 e. The molecule has 0 spiro atoms. The second-order valence-electron chi connectivity index (χ2n) is 8.31. The van der Waals surface area contributed by atoms with Gasteiger partial charge in [0.2, 0.25) is 0 Å². The zero-order valence-corrected chi connectivity index (χ0v) is 18.1. The molecule has 160 valence electrons. The first kappa shape index (κ1) is 19.0. The van der Waals surface area contributed by atoms with Crippen LogP contribution in [0.4, 0.5) is 0 Å². The molecule has 0 radical (unpaired) electrons. The van der Waals surface area contributed by atoms with Crippen LogP contribution in [0.5, 0.6) is 11.5 Å². The van der Waals surface area contributed by atoms with Crippen LogP contribution in [-0.4, -0.2) is 36.1 Å². The Labute approximate surface area is 186 Å². The van der Waals surface area contributed by atoms with E-state index in [2.05, 4.69) is 35.3 Å². The quantitative estimate of drug-likeness (QED) is 0.486. The van der Waals surface area contributed by atoms with Crippen LogP contribution in [0.15, 0.2) is 66.7 Å². The van der Waals surface area contributed by atoms with E-state index in [4.69, 9.17) is 9.47 Å². The van der Waals surface area contributed by atoms with Crippen molar-refractivity contribution in [2.45, 2.75) is 18.9 Å². The van der Waals surface area contributed by atoms with Gasteiger partial charge < -0.3 is 19.4 Å². The van der Waals surface area contributed by atoms with Gasteiger partial charge in [0.25, 0.3) is 5.91 Å². The molecule has 1 aromatic heterocycles. The summed E-state index contributed by atoms with van der Waals surface area (Å²) in [6.45, 7) is 3.10. The minimum Gasteiger partial charge on any atom is -0.493 e. The number of hydrogen-bond donors (Lipinski definition) is 1. The zero-order valence-electron chi connectivity index (χ0n) is 18.1. The average Bonchev–Trinajstić information content (AvgIpc) is 3.35. The first-order valence-corrected chi connectivity index (χ1v) is 11.0. The molecule has 6 rings (SSSR count). The summed E-state index contributed by atoms with van der Waals surface area (Å²) in [5, 5.41) is 1.19. The van der Waals surface area contributed by atoms with E-state index < -0.39 is 0 Å². The Balaban J connectivity index is 1.63. The molecule has 1 N–H and O–H groups in total. The predicted molar refractivity (Wildman–Crippen MR) is 124 cm³/mol. The molecule has 1 amide bonds. The largest absolute Gasteiger partial charge is 0.493 e. The maximum absolute atomic E-state index is 13.4. The Hall–Kier alpha value is -3.73. The lowest BCUT2D eigenvalue weighted by atomic mass is 9.82. The smallest absolute Gasteiger partial charge is 0.255 e. The molecule has 0 unspecified atom stereocenters. The molecule has 5 heteroatoms. The first-order chi connectivity index (χ1) is 15.7. The Morgan fingerprint density at radius 3 is 2.62 bits per heavy atom. The number of carbonyl (C=O) groups is 1. The molecule has 0 bridgehead atoms. The summed E-state index contributed by atoms with van der Waals surface area (Å²) in [6, 6.07) is 22.3. The molecule has 2 aliphatic heterocycles. The Kier molecular flexibility index (Phi) is 4.25. The SMILES string of the molecule is CCOc1c(OC)cccc1[C@@H]1CN2C(=O)c3ccccc3[C@@H]2c2[nH]c3ccccc3c21. The van der Waals surface area contributed by atoms with Gasteiger partial charge in [0.05, 0.1) is 19.8 Å². The van der Waals surface area contributed by atoms with E-state index in [1.807, 2.05) is 48.2 Å². The van der Waals surface area contributed by atoms with E-state index in [0.29, 0.717) is 18.9 Å². The van der Waals surface area contributed by atoms with Crippen molar-refractivity contribution in [2.24, 2.45) is 0 Å². The van der Waals surface area contributed by atoms with Crippen molar-refractivity contribution in [3.63, 3.8) is 0 Å². The van der Waals surface area contributed by atoms with Gasteiger partial charge in [-0.1, -0.05) is 48.5 Å². The highest BCUT2D eigenvalue weighted by molar-refractivity contribution is 6.01. The Bertz CT molecular complexity index is 1360. The molecule has 32 heavy (non-hydrogen) atoms. The van der Waals surface area contributed by atoms with Crippen LogP contribution in [0.1, 0.15) is 51.6 Å². The van der Waals surface area contributed by atoms with Crippen LogP contribution < -0.4 is 9.47 Å². The third-order valence-electron chi connectivity index (χ3n) is 6.73. The lowest BCUT2D eigenvalue weighted by molar-refractivity contribution is 0.0727. The van der Waals surface area contributed by atoms with Crippen LogP contribution in [-0.2, 0) is 0 Å². The number of rotatable bonds is 4. The van der Waals surface area contributed by atoms with Crippen molar-refractivity contribution in [1.29, 1.82) is 0 Å². The highest BCUT2D eigenvalue weighted by Gasteiger charge is 2.46. The van der Waals surface area contributed by atoms with Gasteiger partial charge in [-0.2, -0.15) is 0 Å². The van der Waals surface area contributed by atoms with Crippen molar-refractivity contribution < 1.29 is 14.3 Å². The fourth-order valence-electron chi connectivity index (χ4n) is 5.45. The summed E-state index contributed by atoms with van der Waals surface area (Å²) in [5.41, 5.74) is 6.31. The summed E-state index contributed by atoms with van der Waals surface area (Å²) in [5.74, 6) is 1.51. The number of aromatic nitrogens is 1. The third-order valence-corrected chi connectivity index (χ3v) is 6.73. The monoisotopic (exact) mass is 424 g/mol. The number of carbonyl (C=O) groups excluding carboxylic acids is 1. The second-order valence-corrected chi connectivity index (χ2v) is 8.31. The predicted octanol–water partition coefficient (Wildman–Crippen LogP) is 5.27. The third kappa shape index (κ3) is 2.54. The normalized spacial score (nSPS) is 18.9. The van der Waals surface area contributed by atoms with Crippen molar-refractivity contribution in [3.05, 3.63) is 94.7 Å². The van der Waals surface area contributed by atoms with E-state index >= 15 is 0 Å². The highest BCUT2D eigenvalue weighted by Crippen LogP contribution is 2.51. The van der Waals surface area contributed by atoms with Gasteiger partial charge in [0.1, 0.15) is 0 Å². The first-order valence-electron chi connectivity index (χ1n) is 11.0. The molecular weight excluding hydrogens is 400 g/mol. The fourth-order valence-corrected chi connectivity index (χ4v) is 5.45. The molecule has 2 atom stereocenters. The molecule has 3 heterocycles. The molecular formula is C27H24N2O3. The number of para-hydroxylation sites is 2. The number of fused-ring (bicyclic) bond motifs is 7. The van der Waals surface area contributed by atoms with Crippen LogP contribution in [0.25, 0.3) is 10.9 Å². The molecule has 0 saturated carbocycles. The van der Waals surface area contributed by atoms with Crippen LogP contribution in [0.3, 0.4) is 0 Å². The number of nitrogens with one attached hydrogen (secondary N) is 1. The molecule has 3 aromatic carbocycles. The number of aromatic amines is 1. The van der Waals surface area contributed by atoms with Crippen molar-refractivity contribution in [2.75, 3.05) is 20.3 Å². The van der Waals surface area contributed by atoms with Crippen molar-refractivity contribution in [3.8, 4) is 11.5 Å². The van der Waals surface area contributed by atoms with Gasteiger partial charge >= 0.3 is 0 Å². The van der Waals surface area contributed by atoms with E-state index in [1.54, 1.807) is 7.11 Å². The zero-order chi connectivity index (χ0) is 21.8. The number of ether oxygens (including phenoxy) is 2. The van der Waals surface area contributed by atoms with Crippen molar-refractivity contribution in [1.82, 2.24) is 9.88 Å². The molecule has 4 aromatic rings. The Morgan fingerprint density at radius 2 is 1.78 bits per heavy atom. The molecule has 0 fully saturated rings. The topological polar surface area (TPSA) is 54.6 Å². The van der Waals surface area contributed by atoms with Crippen LogP contribution in [0, 0.1) is 0 Å². The highest BCUT2D eigenvalue weighted by atomic mass is 16.5. The number of amides is 1. The molecule has 5 nitrogen and oxygen atoms in total. The Morgan fingerprint density at radius 1 is 1.00 bits per heavy atom. The lowest BCUT2D eigenvalue weighted by Gasteiger charge is -2.36. The van der Waals surface area contributed by atoms with Gasteiger partial charge in [0, 0.05) is 40.2 Å². The number of nitrogens with zero attached hydrogens (tertiary/aromatic N) is 1. The molecule has 0 aliphatic carbocycles. The number of benzene rings is 3. The van der Waals surface area contributed by atoms with Gasteiger partial charge in [-0.05, 0) is 36.2 Å². The van der Waals surface area contributed by atoms with E-state index in [9.17, 15) is 4.79 Å². The van der Waals surface area contributed by atoms with Gasteiger partial charge in [0.15, 0.2) is 11.5 Å². The van der Waals surface area contributed by atoms with Crippen molar-refractivity contribution >= 4 is 16.8 Å². The maximum atomic E-state index is 13.4. The van der Waals surface area contributed by atoms with Crippen LogP contribution in [0.2, 0.25) is 0 Å². The lowest BCUT2D eigenvalue weighted by Crippen LogP contribution is -2.38. The molecule has 0 saturated heterocycles. The van der Waals surface area contributed by atoms with E-state index in [-0.39, 0.29) is 17.9 Å². The summed E-state index contributed by atoms with van der Waals surface area (Å²) >= 11 is 0. The fraction of sp³-hybridized carbons (Fsp3) is 0.222. The second kappa shape index (κ2) is 7.16. The van der Waals surface area contributed by atoms with E-state index in [0.717, 1.165) is 33.7 Å². The standard InChI is InChI=1S/C27H24N2O3/c1-3-32-26-17(12-8-14-22(26)31-2)20-15-29-25(16-9-4-5-10-18(16)27(29)30)24-23(20)19-11-6-7-13-21(19)28-24/h4-14,20,25,28H,3,15H2,1-2H3/t20-,25+/m0/s1. The van der Waals surface area contributed by atoms with Gasteiger partial charge in [-0.25, -0.2) is 0 Å². The summed E-state index contributed by atoms with van der Waals surface area (Å²) < 4.78 is 11.7. The number of methoxy groups -OCH3 is 1. The average molecular weight is 425 g/mol. The van der Waals surface area contributed by atoms with Gasteiger partial charge in [-0.3, -0.25) is 4.79 Å². The molecule has 2 aliphatic rings. The number of hydrogen-bond acceptors (Lipinski definition) is 3. The van der Waals surface area contributed by atoms with Gasteiger partial charge in [-0.15, -0.1) is 0 Å². The number of H-pyrrole nitrogens is 1. The van der Waals surface area contributed by atoms with Crippen LogP contribution >= 0.6 is 0 Å². The minimum absolute atomic E-state index is 0.0349. The summed E-state index contributed by atoms with van der Waals surface area (Å²) in [4.78, 5) is 19.1. The van der Waals surface area contributed by atoms with E-state index in [1.165, 1.54) is 10.9 Å². The minimum atomic E-state index is -0.0986.